The molecule has 13 aromatic carbocycles. The van der Waals surface area contributed by atoms with E-state index in [2.05, 4.69) is 266 Å². The molecule has 1 aliphatic heterocycles. The number of nitrogens with zero attached hydrogens (tertiary/aromatic N) is 2. The molecule has 3 heterocycles. The van der Waals surface area contributed by atoms with E-state index < -0.39 is 5.41 Å². The summed E-state index contributed by atoms with van der Waals surface area (Å²) in [6.45, 7) is 4.82. The van der Waals surface area contributed by atoms with Crippen LogP contribution in [0.4, 0.5) is 17.1 Å². The van der Waals surface area contributed by atoms with E-state index in [0.717, 1.165) is 0 Å². The molecule has 0 saturated carbocycles. The second kappa shape index (κ2) is 14.8. The van der Waals surface area contributed by atoms with Crippen LogP contribution >= 0.6 is 11.3 Å². The summed E-state index contributed by atoms with van der Waals surface area (Å²) in [6, 6.07) is 92.5. The lowest BCUT2D eigenvalue weighted by Crippen LogP contribution is -2.31. The van der Waals surface area contributed by atoms with Crippen LogP contribution in [0.1, 0.15) is 47.2 Å². The molecule has 0 atom stereocenters. The van der Waals surface area contributed by atoms with Gasteiger partial charge >= 0.3 is 0 Å². The summed E-state index contributed by atoms with van der Waals surface area (Å²) >= 11 is 1.90. The quantitative estimate of drug-likeness (QED) is 0.160. The molecule has 3 aliphatic rings. The highest BCUT2D eigenvalue weighted by Gasteiger charge is 2.52. The summed E-state index contributed by atoms with van der Waals surface area (Å²) in [4.78, 5) is 2.55. The number of anilines is 3. The fraction of sp³-hybridized carbons (Fsp3) is 0.0541. The third kappa shape index (κ3) is 5.25. The Balaban J connectivity index is 0.825. The molecular weight excluding hydrogens is 949 g/mol. The van der Waals surface area contributed by atoms with Crippen molar-refractivity contribution in [2.24, 2.45) is 0 Å². The molecule has 0 unspecified atom stereocenters. The molecule has 0 N–H and O–H groups in total. The van der Waals surface area contributed by atoms with Crippen LogP contribution < -0.4 is 4.90 Å². The first-order chi connectivity index (χ1) is 37.9. The fourth-order valence-corrected chi connectivity index (χ4v) is 16.2. The van der Waals surface area contributed by atoms with Gasteiger partial charge in [-0.3, -0.25) is 0 Å². The van der Waals surface area contributed by atoms with Crippen LogP contribution in [0, 0.1) is 0 Å². The van der Waals surface area contributed by atoms with E-state index in [-0.39, 0.29) is 5.41 Å². The van der Waals surface area contributed by atoms with Gasteiger partial charge in [0, 0.05) is 47.4 Å². The van der Waals surface area contributed by atoms with Gasteiger partial charge in [0.2, 0.25) is 0 Å². The largest absolute Gasteiger partial charge is 0.310 e. The van der Waals surface area contributed by atoms with Gasteiger partial charge in [-0.1, -0.05) is 190 Å². The third-order valence-electron chi connectivity index (χ3n) is 18.3. The predicted molar refractivity (Wildman–Crippen MR) is 326 cm³/mol. The first-order valence-electron chi connectivity index (χ1n) is 27.0. The molecule has 77 heavy (non-hydrogen) atoms. The van der Waals surface area contributed by atoms with Gasteiger partial charge < -0.3 is 9.47 Å². The molecule has 2 aliphatic carbocycles. The number of para-hydroxylation sites is 2. The van der Waals surface area contributed by atoms with Gasteiger partial charge in [-0.05, 0) is 160 Å². The lowest BCUT2D eigenvalue weighted by Gasteiger charge is -2.42. The van der Waals surface area contributed by atoms with Crippen molar-refractivity contribution in [3.05, 3.63) is 276 Å². The highest BCUT2D eigenvalue weighted by Crippen LogP contribution is 2.64. The Bertz CT molecular complexity index is 5040. The van der Waals surface area contributed by atoms with Crippen LogP contribution in [0.5, 0.6) is 0 Å². The highest BCUT2D eigenvalue weighted by atomic mass is 32.1. The standard InChI is InChI=1S/C74H46N2S/c1-73(2)60-26-11-13-28-65(60)75(47-34-35-51-50-19-5-10-25-59(50)74(61(51)41-47)57-23-8-3-17-48(57)49-18-4-9-24-58(49)74)66-37-33-45(39-62(66)73)44-32-36-64-55(38-44)52-20-6-12-27-63(52)76(64)67-42-56-71-46(31-30-43-16-15-22-53(67)70(43)71)40-69-72(56)54-21-7-14-29-68(54)77-69/h3-42H,1-2H3. The minimum Gasteiger partial charge on any atom is -0.310 e. The van der Waals surface area contributed by atoms with Crippen LogP contribution in [0.15, 0.2) is 243 Å². The molecular formula is C74H46N2S. The maximum absolute atomic E-state index is 2.55. The van der Waals surface area contributed by atoms with E-state index in [9.17, 15) is 0 Å². The lowest BCUT2D eigenvalue weighted by molar-refractivity contribution is 0.632. The van der Waals surface area contributed by atoms with Crippen molar-refractivity contribution >= 4 is 103 Å². The van der Waals surface area contributed by atoms with Gasteiger partial charge in [-0.2, -0.15) is 0 Å². The first kappa shape index (κ1) is 42.0. The van der Waals surface area contributed by atoms with Crippen molar-refractivity contribution in [2.75, 3.05) is 4.90 Å². The molecule has 2 nitrogen and oxygen atoms in total. The van der Waals surface area contributed by atoms with E-state index in [0.29, 0.717) is 0 Å². The minimum atomic E-state index is -0.428. The molecule has 0 fully saturated rings. The van der Waals surface area contributed by atoms with Crippen molar-refractivity contribution < 1.29 is 0 Å². The zero-order valence-electron chi connectivity index (χ0n) is 42.4. The summed E-state index contributed by atoms with van der Waals surface area (Å²) in [7, 11) is 0. The molecule has 18 rings (SSSR count). The van der Waals surface area contributed by atoms with Crippen molar-refractivity contribution in [3.8, 4) is 39.1 Å². The Morgan fingerprint density at radius 3 is 1.71 bits per heavy atom. The Labute approximate surface area is 449 Å². The van der Waals surface area contributed by atoms with E-state index in [4.69, 9.17) is 0 Å². The van der Waals surface area contributed by atoms with Crippen LogP contribution in [0.25, 0.3) is 113 Å². The second-order valence-electron chi connectivity index (χ2n) is 22.3. The molecule has 0 bridgehead atoms. The van der Waals surface area contributed by atoms with Crippen molar-refractivity contribution in [3.63, 3.8) is 0 Å². The summed E-state index contributed by atoms with van der Waals surface area (Å²) in [5.74, 6) is 0. The monoisotopic (exact) mass is 994 g/mol. The van der Waals surface area contributed by atoms with Crippen LogP contribution in [-0.4, -0.2) is 4.57 Å². The number of aromatic nitrogens is 1. The van der Waals surface area contributed by atoms with E-state index in [1.807, 2.05) is 11.3 Å². The summed E-state index contributed by atoms with van der Waals surface area (Å²) in [5, 5.41) is 13.0. The number of benzene rings is 13. The smallest absolute Gasteiger partial charge is 0.0726 e. The second-order valence-corrected chi connectivity index (χ2v) is 23.4. The fourth-order valence-electron chi connectivity index (χ4n) is 15.1. The van der Waals surface area contributed by atoms with Crippen LogP contribution in [0.3, 0.4) is 0 Å². The van der Waals surface area contributed by atoms with Gasteiger partial charge in [0.1, 0.15) is 0 Å². The van der Waals surface area contributed by atoms with Crippen LogP contribution in [0.2, 0.25) is 0 Å². The van der Waals surface area contributed by atoms with Crippen molar-refractivity contribution in [1.29, 1.82) is 0 Å². The summed E-state index contributed by atoms with van der Waals surface area (Å²) < 4.78 is 5.21. The summed E-state index contributed by atoms with van der Waals surface area (Å²) in [5.41, 5.74) is 22.3. The number of thiophene rings is 1. The Kier molecular flexibility index (Phi) is 8.05. The Hall–Kier alpha value is -9.28. The number of hydrogen-bond donors (Lipinski definition) is 0. The zero-order chi connectivity index (χ0) is 50.5. The molecule has 2 aromatic heterocycles. The highest BCUT2D eigenvalue weighted by molar-refractivity contribution is 7.26. The molecule has 15 aromatic rings. The number of rotatable bonds is 3. The summed E-state index contributed by atoms with van der Waals surface area (Å²) in [6.07, 6.45) is 0. The average molecular weight is 995 g/mol. The molecule has 358 valence electrons. The van der Waals surface area contributed by atoms with E-state index >= 15 is 0 Å². The lowest BCUT2D eigenvalue weighted by atomic mass is 9.70. The molecule has 0 radical (unpaired) electrons. The van der Waals surface area contributed by atoms with Gasteiger partial charge in [-0.15, -0.1) is 11.3 Å². The Morgan fingerprint density at radius 2 is 0.922 bits per heavy atom. The van der Waals surface area contributed by atoms with Crippen LogP contribution in [-0.2, 0) is 10.8 Å². The molecule has 0 saturated heterocycles. The number of fused-ring (bicyclic) bond motifs is 19. The van der Waals surface area contributed by atoms with Gasteiger partial charge in [0.05, 0.1) is 33.5 Å². The van der Waals surface area contributed by atoms with Gasteiger partial charge in [0.15, 0.2) is 0 Å². The van der Waals surface area contributed by atoms with E-state index in [1.54, 1.807) is 0 Å². The van der Waals surface area contributed by atoms with E-state index in [1.165, 1.54) is 164 Å². The molecule has 0 amide bonds. The minimum absolute atomic E-state index is 0.275. The van der Waals surface area contributed by atoms with Gasteiger partial charge in [0.25, 0.3) is 0 Å². The third-order valence-corrected chi connectivity index (χ3v) is 19.4. The molecule has 3 heteroatoms. The zero-order valence-corrected chi connectivity index (χ0v) is 43.2. The maximum atomic E-state index is 2.55. The normalized spacial score (nSPS) is 14.5. The molecule has 1 spiro atoms. The van der Waals surface area contributed by atoms with Crippen molar-refractivity contribution in [1.82, 2.24) is 4.57 Å². The first-order valence-corrected chi connectivity index (χ1v) is 27.8. The predicted octanol–water partition coefficient (Wildman–Crippen LogP) is 20.2. The Morgan fingerprint density at radius 1 is 0.325 bits per heavy atom. The maximum Gasteiger partial charge on any atom is 0.0726 e. The van der Waals surface area contributed by atoms with Crippen molar-refractivity contribution in [2.45, 2.75) is 24.7 Å². The van der Waals surface area contributed by atoms with Gasteiger partial charge in [-0.25, -0.2) is 0 Å². The topological polar surface area (TPSA) is 8.17 Å². The number of hydrogen-bond acceptors (Lipinski definition) is 2. The average Bonchev–Trinajstić information content (AvgIpc) is 4.41. The SMILES string of the molecule is CC1(C)c2ccccc2N(c2ccc3c(c2)C2(c4ccccc4-c4ccccc42)c2ccccc2-3)c2ccc(-c3ccc4c(c3)c3ccccc3n4-c3cc4c5c(cc6ccc7cccc3c7c64)sc3ccccc35)cc21.